The number of fused-ring (bicyclic) bond motifs is 1. The number of carbonyl (C=O) groups excluding carboxylic acids is 2. The Labute approximate surface area is 170 Å². The number of carbonyl (C=O) groups is 2. The molecule has 4 rings (SSSR count). The highest BCUT2D eigenvalue weighted by molar-refractivity contribution is 5.92. The van der Waals surface area contributed by atoms with Gasteiger partial charge >= 0.3 is 0 Å². The van der Waals surface area contributed by atoms with Crippen LogP contribution in [-0.2, 0) is 11.3 Å². The normalized spacial score (nSPS) is 18.0. The molecule has 1 aromatic heterocycles. The van der Waals surface area contributed by atoms with Crippen LogP contribution in [0.2, 0.25) is 0 Å². The Morgan fingerprint density at radius 3 is 2.48 bits per heavy atom. The molecule has 2 aliphatic heterocycles. The van der Waals surface area contributed by atoms with E-state index in [0.717, 1.165) is 22.6 Å². The molecule has 1 fully saturated rings. The van der Waals surface area contributed by atoms with Crippen molar-refractivity contribution in [1.82, 2.24) is 19.8 Å². The fourth-order valence-electron chi connectivity index (χ4n) is 4.07. The molecule has 0 aliphatic carbocycles. The van der Waals surface area contributed by atoms with Crippen LogP contribution in [0.25, 0.3) is 0 Å². The zero-order valence-corrected chi connectivity index (χ0v) is 17.1. The maximum absolute atomic E-state index is 12.8. The predicted octanol–water partition coefficient (Wildman–Crippen LogP) is 2.51. The fraction of sp³-hybridized carbons (Fsp3) is 0.455. The summed E-state index contributed by atoms with van der Waals surface area (Å²) in [5, 5.41) is 0. The van der Waals surface area contributed by atoms with E-state index in [1.807, 2.05) is 30.9 Å². The van der Waals surface area contributed by atoms with Crippen molar-refractivity contribution in [1.29, 1.82) is 0 Å². The molecule has 0 bridgehead atoms. The third-order valence-electron chi connectivity index (χ3n) is 5.79. The monoisotopic (exact) mass is 394 g/mol. The number of ether oxygens (including phenoxy) is 1. The Hall–Kier alpha value is -2.96. The van der Waals surface area contributed by atoms with E-state index in [2.05, 4.69) is 16.0 Å². The molecule has 0 unspecified atom stereocenters. The van der Waals surface area contributed by atoms with E-state index in [4.69, 9.17) is 4.74 Å². The Bertz CT molecular complexity index is 934. The van der Waals surface area contributed by atoms with Crippen molar-refractivity contribution >= 4 is 11.8 Å². The van der Waals surface area contributed by atoms with E-state index in [1.165, 1.54) is 6.20 Å². The molecular weight excluding hydrogens is 368 g/mol. The minimum Gasteiger partial charge on any atom is -0.485 e. The number of benzene rings is 1. The summed E-state index contributed by atoms with van der Waals surface area (Å²) in [6.45, 7) is 7.68. The van der Waals surface area contributed by atoms with Crippen LogP contribution in [0.5, 0.6) is 5.75 Å². The molecular formula is C22H26N4O3. The van der Waals surface area contributed by atoms with Gasteiger partial charge in [-0.15, -0.1) is 0 Å². The van der Waals surface area contributed by atoms with Crippen molar-refractivity contribution < 1.29 is 14.3 Å². The number of amides is 2. The summed E-state index contributed by atoms with van der Waals surface area (Å²) in [4.78, 5) is 37.1. The van der Waals surface area contributed by atoms with Crippen molar-refractivity contribution in [2.24, 2.45) is 0 Å². The average Bonchev–Trinajstić information content (AvgIpc) is 2.85. The molecule has 2 amide bonds. The summed E-state index contributed by atoms with van der Waals surface area (Å²) in [7, 11) is 0. The Morgan fingerprint density at radius 1 is 1.07 bits per heavy atom. The molecule has 1 aromatic carbocycles. The summed E-state index contributed by atoms with van der Waals surface area (Å²) in [6, 6.07) is 6.11. The van der Waals surface area contributed by atoms with Crippen LogP contribution in [0.4, 0.5) is 0 Å². The molecule has 152 valence electrons. The summed E-state index contributed by atoms with van der Waals surface area (Å²) in [5.41, 5.74) is 2.84. The van der Waals surface area contributed by atoms with Crippen molar-refractivity contribution in [2.45, 2.75) is 45.8 Å². The van der Waals surface area contributed by atoms with Crippen LogP contribution in [-0.4, -0.2) is 56.8 Å². The average molecular weight is 394 g/mol. The summed E-state index contributed by atoms with van der Waals surface area (Å²) >= 11 is 0. The fourth-order valence-corrected chi connectivity index (χ4v) is 4.07. The van der Waals surface area contributed by atoms with E-state index >= 15 is 0 Å². The topological polar surface area (TPSA) is 75.6 Å². The van der Waals surface area contributed by atoms with Crippen molar-refractivity contribution in [3.63, 3.8) is 0 Å². The molecule has 1 saturated heterocycles. The third-order valence-corrected chi connectivity index (χ3v) is 5.79. The minimum absolute atomic E-state index is 0.0377. The molecule has 7 nitrogen and oxygen atoms in total. The Kier molecular flexibility index (Phi) is 4.98. The largest absolute Gasteiger partial charge is 0.485 e. The molecule has 0 radical (unpaired) electrons. The lowest BCUT2D eigenvalue weighted by atomic mass is 9.90. The van der Waals surface area contributed by atoms with Gasteiger partial charge in [-0.25, -0.2) is 4.98 Å². The van der Waals surface area contributed by atoms with Crippen LogP contribution in [0.1, 0.15) is 47.1 Å². The van der Waals surface area contributed by atoms with Gasteiger partial charge in [-0.05, 0) is 19.9 Å². The second-order valence-corrected chi connectivity index (χ2v) is 8.11. The van der Waals surface area contributed by atoms with E-state index in [0.29, 0.717) is 44.7 Å². The van der Waals surface area contributed by atoms with Gasteiger partial charge in [0.25, 0.3) is 5.91 Å². The minimum atomic E-state index is -0.484. The lowest BCUT2D eigenvalue weighted by Gasteiger charge is -2.42. The van der Waals surface area contributed by atoms with Gasteiger partial charge in [-0.2, -0.15) is 0 Å². The Balaban J connectivity index is 1.54. The highest BCUT2D eigenvalue weighted by Gasteiger charge is 2.42. The van der Waals surface area contributed by atoms with Gasteiger partial charge in [0.05, 0.1) is 18.4 Å². The van der Waals surface area contributed by atoms with Gasteiger partial charge in [0, 0.05) is 51.2 Å². The summed E-state index contributed by atoms with van der Waals surface area (Å²) in [6.07, 6.45) is 4.46. The number of piperidine rings is 1. The van der Waals surface area contributed by atoms with Crippen molar-refractivity contribution in [3.05, 3.63) is 53.1 Å². The zero-order valence-electron chi connectivity index (χ0n) is 17.1. The first kappa shape index (κ1) is 19.4. The van der Waals surface area contributed by atoms with E-state index in [1.54, 1.807) is 18.0 Å². The number of aryl methyl sites for hydroxylation is 2. The molecule has 2 aromatic rings. The second kappa shape index (κ2) is 7.46. The quantitative estimate of drug-likeness (QED) is 0.743. The summed E-state index contributed by atoms with van der Waals surface area (Å²) in [5.74, 6) is 0.764. The van der Waals surface area contributed by atoms with Gasteiger partial charge in [0.2, 0.25) is 5.91 Å². The van der Waals surface area contributed by atoms with E-state index in [-0.39, 0.29) is 11.8 Å². The number of hydrogen-bond donors (Lipinski definition) is 0. The van der Waals surface area contributed by atoms with Crippen LogP contribution in [0, 0.1) is 13.8 Å². The molecule has 2 aliphatic rings. The van der Waals surface area contributed by atoms with Crippen LogP contribution < -0.4 is 4.74 Å². The lowest BCUT2D eigenvalue weighted by Crippen LogP contribution is -2.55. The number of nitrogens with zero attached hydrogens (tertiary/aromatic N) is 4. The van der Waals surface area contributed by atoms with Crippen molar-refractivity contribution in [2.75, 3.05) is 19.6 Å². The van der Waals surface area contributed by atoms with Gasteiger partial charge < -0.3 is 14.5 Å². The SMILES string of the molecule is CC(=O)N1Cc2cc(C)ccc2OC2(CCN(C(=O)c3cnc(C)cn3)CC2)C1. The number of rotatable bonds is 1. The number of likely N-dealkylation sites (tertiary alicyclic amines) is 1. The third kappa shape index (κ3) is 3.95. The smallest absolute Gasteiger partial charge is 0.274 e. The lowest BCUT2D eigenvalue weighted by molar-refractivity contribution is -0.132. The summed E-state index contributed by atoms with van der Waals surface area (Å²) < 4.78 is 6.51. The molecule has 1 spiro atoms. The van der Waals surface area contributed by atoms with Gasteiger partial charge in [-0.1, -0.05) is 17.7 Å². The second-order valence-electron chi connectivity index (χ2n) is 8.11. The zero-order chi connectivity index (χ0) is 20.6. The standard InChI is InChI=1S/C22H26N4O3/c1-15-4-5-20-18(10-15)13-26(17(3)27)14-22(29-20)6-8-25(9-7-22)21(28)19-12-23-16(2)11-24-19/h4-5,10-12H,6-9,13-14H2,1-3H3. The highest BCUT2D eigenvalue weighted by atomic mass is 16.5. The van der Waals surface area contributed by atoms with Crippen LogP contribution >= 0.6 is 0 Å². The van der Waals surface area contributed by atoms with Gasteiger partial charge in [0.1, 0.15) is 17.0 Å². The van der Waals surface area contributed by atoms with Crippen LogP contribution in [0.15, 0.2) is 30.6 Å². The molecule has 0 atom stereocenters. The van der Waals surface area contributed by atoms with Crippen molar-refractivity contribution in [3.8, 4) is 5.75 Å². The first-order valence-corrected chi connectivity index (χ1v) is 9.97. The number of aromatic nitrogens is 2. The number of hydrogen-bond acceptors (Lipinski definition) is 5. The maximum atomic E-state index is 12.8. The van der Waals surface area contributed by atoms with E-state index in [9.17, 15) is 9.59 Å². The first-order chi connectivity index (χ1) is 13.8. The maximum Gasteiger partial charge on any atom is 0.274 e. The molecule has 29 heavy (non-hydrogen) atoms. The molecule has 7 heteroatoms. The first-order valence-electron chi connectivity index (χ1n) is 9.97. The molecule has 3 heterocycles. The highest BCUT2D eigenvalue weighted by Crippen LogP contribution is 2.36. The van der Waals surface area contributed by atoms with Gasteiger partial charge in [0.15, 0.2) is 0 Å². The van der Waals surface area contributed by atoms with E-state index < -0.39 is 5.60 Å². The molecule has 0 N–H and O–H groups in total. The Morgan fingerprint density at radius 2 is 1.83 bits per heavy atom. The molecule has 0 saturated carbocycles. The van der Waals surface area contributed by atoms with Gasteiger partial charge in [-0.3, -0.25) is 14.6 Å². The van der Waals surface area contributed by atoms with Crippen LogP contribution in [0.3, 0.4) is 0 Å². The predicted molar refractivity (Wildman–Crippen MR) is 108 cm³/mol.